The predicted octanol–water partition coefficient (Wildman–Crippen LogP) is 4.09. The van der Waals surface area contributed by atoms with Crippen LogP contribution in [0.2, 0.25) is 0 Å². The Morgan fingerprint density at radius 2 is 2.10 bits per heavy atom. The topological polar surface area (TPSA) is 50.4 Å². The van der Waals surface area contributed by atoms with E-state index in [2.05, 4.69) is 17.6 Å². The lowest BCUT2D eigenvalue weighted by molar-refractivity contribution is 0.232. The molecule has 116 valence electrons. The second-order valence-corrected chi connectivity index (χ2v) is 5.88. The van der Waals surface area contributed by atoms with Crippen molar-refractivity contribution in [1.29, 1.82) is 0 Å². The van der Waals surface area contributed by atoms with Gasteiger partial charge in [-0.1, -0.05) is 19.8 Å². The first-order chi connectivity index (χ1) is 10.1. The Labute approximate surface area is 127 Å². The standard InChI is InChI=1S/C17H26N2O2/c1-4-21-14-9-10-16(13(3)11-14)19-17(20)18-15-8-6-5-7-12(15)2/h9-12,15H,4-8H2,1-3H3,(H2,18,19,20). The third kappa shape index (κ3) is 4.38. The number of aryl methyl sites for hydroxylation is 1. The second-order valence-electron chi connectivity index (χ2n) is 5.88. The van der Waals surface area contributed by atoms with Crippen LogP contribution < -0.4 is 15.4 Å². The summed E-state index contributed by atoms with van der Waals surface area (Å²) < 4.78 is 5.45. The maximum absolute atomic E-state index is 12.1. The SMILES string of the molecule is CCOc1ccc(NC(=O)NC2CCCCC2C)c(C)c1. The fourth-order valence-electron chi connectivity index (χ4n) is 2.89. The van der Waals surface area contributed by atoms with Gasteiger partial charge in [0.2, 0.25) is 0 Å². The van der Waals surface area contributed by atoms with E-state index in [1.165, 1.54) is 19.3 Å². The predicted molar refractivity (Wildman–Crippen MR) is 85.9 cm³/mol. The highest BCUT2D eigenvalue weighted by Crippen LogP contribution is 2.24. The normalized spacial score (nSPS) is 21.7. The van der Waals surface area contributed by atoms with Crippen LogP contribution in [0.15, 0.2) is 18.2 Å². The first kappa shape index (κ1) is 15.7. The molecule has 2 amide bonds. The Morgan fingerprint density at radius 3 is 2.76 bits per heavy atom. The van der Waals surface area contributed by atoms with Gasteiger partial charge >= 0.3 is 6.03 Å². The minimum Gasteiger partial charge on any atom is -0.494 e. The van der Waals surface area contributed by atoms with Gasteiger partial charge in [-0.15, -0.1) is 0 Å². The smallest absolute Gasteiger partial charge is 0.319 e. The molecule has 2 unspecified atom stereocenters. The molecule has 1 fully saturated rings. The zero-order valence-electron chi connectivity index (χ0n) is 13.2. The third-order valence-electron chi connectivity index (χ3n) is 4.19. The van der Waals surface area contributed by atoms with Gasteiger partial charge < -0.3 is 15.4 Å². The van der Waals surface area contributed by atoms with Crippen LogP contribution in [0.3, 0.4) is 0 Å². The number of carbonyl (C=O) groups is 1. The number of carbonyl (C=O) groups excluding carboxylic acids is 1. The van der Waals surface area contributed by atoms with E-state index in [0.717, 1.165) is 23.4 Å². The lowest BCUT2D eigenvalue weighted by atomic mass is 9.86. The van der Waals surface area contributed by atoms with E-state index in [1.807, 2.05) is 32.0 Å². The summed E-state index contributed by atoms with van der Waals surface area (Å²) in [5.74, 6) is 1.40. The van der Waals surface area contributed by atoms with Crippen LogP contribution in [0.4, 0.5) is 10.5 Å². The van der Waals surface area contributed by atoms with Crippen molar-refractivity contribution in [3.63, 3.8) is 0 Å². The van der Waals surface area contributed by atoms with E-state index >= 15 is 0 Å². The van der Waals surface area contributed by atoms with E-state index in [0.29, 0.717) is 18.6 Å². The molecule has 1 saturated carbocycles. The molecule has 2 rings (SSSR count). The van der Waals surface area contributed by atoms with Gasteiger partial charge in [-0.3, -0.25) is 0 Å². The molecular weight excluding hydrogens is 264 g/mol. The van der Waals surface area contributed by atoms with E-state index in [9.17, 15) is 4.79 Å². The summed E-state index contributed by atoms with van der Waals surface area (Å²) in [6.45, 7) is 6.79. The van der Waals surface area contributed by atoms with Crippen LogP contribution in [0, 0.1) is 12.8 Å². The highest BCUT2D eigenvalue weighted by Gasteiger charge is 2.22. The van der Waals surface area contributed by atoms with Gasteiger partial charge in [0.25, 0.3) is 0 Å². The number of hydrogen-bond acceptors (Lipinski definition) is 2. The van der Waals surface area contributed by atoms with Crippen LogP contribution in [0.5, 0.6) is 5.75 Å². The fraction of sp³-hybridized carbons (Fsp3) is 0.588. The Kier molecular flexibility index (Phi) is 5.48. The fourth-order valence-corrected chi connectivity index (χ4v) is 2.89. The van der Waals surface area contributed by atoms with Crippen LogP contribution in [-0.2, 0) is 0 Å². The molecular formula is C17H26N2O2. The summed E-state index contributed by atoms with van der Waals surface area (Å²) in [6, 6.07) is 5.91. The summed E-state index contributed by atoms with van der Waals surface area (Å²) in [6.07, 6.45) is 4.76. The van der Waals surface area contributed by atoms with Gasteiger partial charge in [0.1, 0.15) is 5.75 Å². The number of nitrogens with one attached hydrogen (secondary N) is 2. The molecule has 21 heavy (non-hydrogen) atoms. The molecule has 2 atom stereocenters. The van der Waals surface area contributed by atoms with Crippen molar-refractivity contribution in [1.82, 2.24) is 5.32 Å². The van der Waals surface area contributed by atoms with Crippen LogP contribution in [-0.4, -0.2) is 18.7 Å². The van der Waals surface area contributed by atoms with Gasteiger partial charge in [-0.25, -0.2) is 4.79 Å². The van der Waals surface area contributed by atoms with Gasteiger partial charge in [0, 0.05) is 11.7 Å². The van der Waals surface area contributed by atoms with E-state index < -0.39 is 0 Å². The maximum Gasteiger partial charge on any atom is 0.319 e. The van der Waals surface area contributed by atoms with Gasteiger partial charge in [0.05, 0.1) is 6.61 Å². The number of urea groups is 1. The van der Waals surface area contributed by atoms with E-state index in [-0.39, 0.29) is 6.03 Å². The van der Waals surface area contributed by atoms with Gasteiger partial charge in [0.15, 0.2) is 0 Å². The van der Waals surface area contributed by atoms with Crippen molar-refractivity contribution in [2.45, 2.75) is 52.5 Å². The zero-order valence-corrected chi connectivity index (χ0v) is 13.2. The van der Waals surface area contributed by atoms with Crippen molar-refractivity contribution < 1.29 is 9.53 Å². The minimum atomic E-state index is -0.110. The highest BCUT2D eigenvalue weighted by atomic mass is 16.5. The number of rotatable bonds is 4. The third-order valence-corrected chi connectivity index (χ3v) is 4.19. The molecule has 4 heteroatoms. The van der Waals surface area contributed by atoms with Gasteiger partial charge in [-0.05, 0) is 56.4 Å². The summed E-state index contributed by atoms with van der Waals surface area (Å²) in [7, 11) is 0. The lowest BCUT2D eigenvalue weighted by Gasteiger charge is -2.29. The van der Waals surface area contributed by atoms with Crippen molar-refractivity contribution >= 4 is 11.7 Å². The van der Waals surface area contributed by atoms with Gasteiger partial charge in [-0.2, -0.15) is 0 Å². The average molecular weight is 290 g/mol. The second kappa shape index (κ2) is 7.34. The molecule has 1 aliphatic carbocycles. The summed E-state index contributed by atoms with van der Waals surface area (Å²) >= 11 is 0. The molecule has 1 aromatic rings. The van der Waals surface area contributed by atoms with Crippen LogP contribution in [0.25, 0.3) is 0 Å². The molecule has 0 spiro atoms. The molecule has 1 aromatic carbocycles. The molecule has 1 aliphatic rings. The first-order valence-corrected chi connectivity index (χ1v) is 7.91. The Morgan fingerprint density at radius 1 is 1.33 bits per heavy atom. The summed E-state index contributed by atoms with van der Waals surface area (Å²) in [5, 5.41) is 6.04. The molecule has 0 radical (unpaired) electrons. The molecule has 4 nitrogen and oxygen atoms in total. The van der Waals surface area contributed by atoms with Crippen molar-refractivity contribution in [3.05, 3.63) is 23.8 Å². The Hall–Kier alpha value is -1.71. The molecule has 2 N–H and O–H groups in total. The molecule has 0 saturated heterocycles. The number of anilines is 1. The molecule has 0 aromatic heterocycles. The highest BCUT2D eigenvalue weighted by molar-refractivity contribution is 5.90. The Bertz CT molecular complexity index is 488. The Balaban J connectivity index is 1.93. The zero-order chi connectivity index (χ0) is 15.2. The first-order valence-electron chi connectivity index (χ1n) is 7.91. The molecule has 0 heterocycles. The van der Waals surface area contributed by atoms with Crippen LogP contribution >= 0.6 is 0 Å². The van der Waals surface area contributed by atoms with E-state index in [1.54, 1.807) is 0 Å². The minimum absolute atomic E-state index is 0.110. The number of benzene rings is 1. The largest absolute Gasteiger partial charge is 0.494 e. The molecule has 0 bridgehead atoms. The van der Waals surface area contributed by atoms with Crippen LogP contribution in [0.1, 0.15) is 45.1 Å². The maximum atomic E-state index is 12.1. The molecule has 0 aliphatic heterocycles. The average Bonchev–Trinajstić information content (AvgIpc) is 2.45. The number of hydrogen-bond donors (Lipinski definition) is 2. The lowest BCUT2D eigenvalue weighted by Crippen LogP contribution is -2.43. The summed E-state index contributed by atoms with van der Waals surface area (Å²) in [5.41, 5.74) is 1.84. The number of amides is 2. The van der Waals surface area contributed by atoms with Crippen molar-refractivity contribution in [2.24, 2.45) is 5.92 Å². The van der Waals surface area contributed by atoms with Crippen molar-refractivity contribution in [2.75, 3.05) is 11.9 Å². The number of ether oxygens (including phenoxy) is 1. The quantitative estimate of drug-likeness (QED) is 0.877. The summed E-state index contributed by atoms with van der Waals surface area (Å²) in [4.78, 5) is 12.1. The monoisotopic (exact) mass is 290 g/mol. The van der Waals surface area contributed by atoms with Crippen molar-refractivity contribution in [3.8, 4) is 5.75 Å². The van der Waals surface area contributed by atoms with E-state index in [4.69, 9.17) is 4.74 Å².